The molecule has 1 heterocycles. The zero-order chi connectivity index (χ0) is 15.4. The maximum atomic E-state index is 12.4. The second kappa shape index (κ2) is 6.95. The normalized spacial score (nSPS) is 19.0. The molecule has 0 spiro atoms. The number of nitrogens with one attached hydrogen (secondary N) is 1. The smallest absolute Gasteiger partial charge is 0.253 e. The van der Waals surface area contributed by atoms with Gasteiger partial charge < -0.3 is 10.2 Å². The van der Waals surface area contributed by atoms with E-state index in [-0.39, 0.29) is 11.8 Å². The molecule has 1 aliphatic carbocycles. The molecule has 3 rings (SSSR count). The van der Waals surface area contributed by atoms with Crippen molar-refractivity contribution in [3.8, 4) is 0 Å². The van der Waals surface area contributed by atoms with Gasteiger partial charge in [-0.15, -0.1) is 0 Å². The lowest BCUT2D eigenvalue weighted by atomic mass is 9.93. The number of rotatable bonds is 5. The summed E-state index contributed by atoms with van der Waals surface area (Å²) in [5.41, 5.74) is 0.776. The summed E-state index contributed by atoms with van der Waals surface area (Å²) in [7, 11) is 0. The predicted molar refractivity (Wildman–Crippen MR) is 85.4 cm³/mol. The third kappa shape index (κ3) is 3.87. The van der Waals surface area contributed by atoms with Gasteiger partial charge in [0.25, 0.3) is 5.91 Å². The molecule has 0 bridgehead atoms. The van der Waals surface area contributed by atoms with E-state index in [2.05, 4.69) is 5.32 Å². The maximum Gasteiger partial charge on any atom is 0.253 e. The van der Waals surface area contributed by atoms with Crippen LogP contribution in [0.2, 0.25) is 0 Å². The molecule has 0 atom stereocenters. The molecule has 1 aromatic rings. The number of carbonyl (C=O) groups is 2. The number of hydrogen-bond acceptors (Lipinski definition) is 2. The van der Waals surface area contributed by atoms with Gasteiger partial charge in [-0.3, -0.25) is 9.59 Å². The topological polar surface area (TPSA) is 49.4 Å². The van der Waals surface area contributed by atoms with Crippen molar-refractivity contribution in [3.63, 3.8) is 0 Å². The van der Waals surface area contributed by atoms with Gasteiger partial charge in [0.15, 0.2) is 0 Å². The van der Waals surface area contributed by atoms with Crippen LogP contribution in [-0.2, 0) is 4.79 Å². The molecule has 2 fully saturated rings. The first-order valence-corrected chi connectivity index (χ1v) is 8.36. The number of hydrogen-bond donors (Lipinski definition) is 1. The zero-order valence-electron chi connectivity index (χ0n) is 13.0. The molecule has 1 aromatic carbocycles. The van der Waals surface area contributed by atoms with Gasteiger partial charge in [0.1, 0.15) is 0 Å². The van der Waals surface area contributed by atoms with E-state index in [9.17, 15) is 9.59 Å². The summed E-state index contributed by atoms with van der Waals surface area (Å²) in [4.78, 5) is 25.9. The van der Waals surface area contributed by atoms with Crippen molar-refractivity contribution in [1.82, 2.24) is 10.2 Å². The third-order valence-corrected chi connectivity index (χ3v) is 4.72. The van der Waals surface area contributed by atoms with Gasteiger partial charge in [-0.1, -0.05) is 18.2 Å². The molecular weight excluding hydrogens is 276 g/mol. The first kappa shape index (κ1) is 15.1. The first-order chi connectivity index (χ1) is 10.7. The van der Waals surface area contributed by atoms with Gasteiger partial charge in [-0.05, 0) is 50.2 Å². The molecule has 1 N–H and O–H groups in total. The quantitative estimate of drug-likeness (QED) is 0.908. The van der Waals surface area contributed by atoms with Gasteiger partial charge in [-0.25, -0.2) is 0 Å². The number of amides is 2. The minimum Gasteiger partial charge on any atom is -0.356 e. The van der Waals surface area contributed by atoms with Crippen LogP contribution < -0.4 is 5.32 Å². The maximum absolute atomic E-state index is 12.4. The molecule has 2 aliphatic rings. The Morgan fingerprint density at radius 3 is 2.36 bits per heavy atom. The van der Waals surface area contributed by atoms with Crippen LogP contribution in [-0.4, -0.2) is 36.3 Å². The van der Waals surface area contributed by atoms with Crippen molar-refractivity contribution >= 4 is 11.8 Å². The van der Waals surface area contributed by atoms with E-state index < -0.39 is 0 Å². The molecule has 0 radical (unpaired) electrons. The van der Waals surface area contributed by atoms with Crippen LogP contribution in [0.5, 0.6) is 0 Å². The lowest BCUT2D eigenvalue weighted by Crippen LogP contribution is -2.39. The first-order valence-electron chi connectivity index (χ1n) is 8.36. The number of nitrogens with zero attached hydrogens (tertiary/aromatic N) is 1. The Morgan fingerprint density at radius 2 is 1.73 bits per heavy atom. The van der Waals surface area contributed by atoms with Crippen LogP contribution in [0.4, 0.5) is 0 Å². The summed E-state index contributed by atoms with van der Waals surface area (Å²) in [6.45, 7) is 2.44. The fourth-order valence-corrected chi connectivity index (χ4v) is 3.08. The second-order valence-corrected chi connectivity index (χ2v) is 6.46. The van der Waals surface area contributed by atoms with Gasteiger partial charge in [-0.2, -0.15) is 0 Å². The average molecular weight is 300 g/mol. The lowest BCUT2D eigenvalue weighted by Gasteiger charge is -2.32. The SMILES string of the molecule is O=C(NCCC1CCN(C(=O)c2ccccc2)CC1)C1CC1. The van der Waals surface area contributed by atoms with E-state index in [1.165, 1.54) is 0 Å². The highest BCUT2D eigenvalue weighted by molar-refractivity contribution is 5.94. The Balaban J connectivity index is 1.38. The highest BCUT2D eigenvalue weighted by Gasteiger charge is 2.29. The van der Waals surface area contributed by atoms with Gasteiger partial charge >= 0.3 is 0 Å². The van der Waals surface area contributed by atoms with E-state index in [4.69, 9.17) is 0 Å². The van der Waals surface area contributed by atoms with Crippen molar-refractivity contribution in [1.29, 1.82) is 0 Å². The molecule has 1 aliphatic heterocycles. The van der Waals surface area contributed by atoms with E-state index in [0.29, 0.717) is 11.8 Å². The van der Waals surface area contributed by atoms with Gasteiger partial charge in [0.05, 0.1) is 0 Å². The minimum absolute atomic E-state index is 0.140. The monoisotopic (exact) mass is 300 g/mol. The molecule has 118 valence electrons. The Hall–Kier alpha value is -1.84. The van der Waals surface area contributed by atoms with Crippen LogP contribution in [0.15, 0.2) is 30.3 Å². The number of carbonyl (C=O) groups excluding carboxylic acids is 2. The van der Waals surface area contributed by atoms with Crippen LogP contribution in [0.25, 0.3) is 0 Å². The highest BCUT2D eigenvalue weighted by atomic mass is 16.2. The molecule has 0 aromatic heterocycles. The number of piperidine rings is 1. The summed E-state index contributed by atoms with van der Waals surface area (Å²) in [6.07, 6.45) is 5.24. The van der Waals surface area contributed by atoms with Crippen molar-refractivity contribution < 1.29 is 9.59 Å². The number of benzene rings is 1. The molecule has 1 saturated heterocycles. The van der Waals surface area contributed by atoms with Crippen molar-refractivity contribution in [3.05, 3.63) is 35.9 Å². The van der Waals surface area contributed by atoms with Crippen LogP contribution in [0.1, 0.15) is 42.5 Å². The molecule has 4 nitrogen and oxygen atoms in total. The summed E-state index contributed by atoms with van der Waals surface area (Å²) >= 11 is 0. The van der Waals surface area contributed by atoms with Crippen LogP contribution >= 0.6 is 0 Å². The van der Waals surface area contributed by atoms with Gasteiger partial charge in [0, 0.05) is 31.1 Å². The van der Waals surface area contributed by atoms with E-state index in [1.807, 2.05) is 35.2 Å². The zero-order valence-corrected chi connectivity index (χ0v) is 13.0. The Kier molecular flexibility index (Phi) is 4.76. The highest BCUT2D eigenvalue weighted by Crippen LogP contribution is 2.29. The van der Waals surface area contributed by atoms with E-state index in [0.717, 1.165) is 57.3 Å². The molecule has 4 heteroatoms. The van der Waals surface area contributed by atoms with E-state index in [1.54, 1.807) is 0 Å². The fraction of sp³-hybridized carbons (Fsp3) is 0.556. The Morgan fingerprint density at radius 1 is 1.05 bits per heavy atom. The molecular formula is C18H24N2O2. The second-order valence-electron chi connectivity index (χ2n) is 6.46. The van der Waals surface area contributed by atoms with Gasteiger partial charge in [0.2, 0.25) is 5.91 Å². The molecule has 0 unspecified atom stereocenters. The summed E-state index contributed by atoms with van der Waals surface area (Å²) in [5, 5.41) is 3.03. The Bertz CT molecular complexity index is 517. The number of likely N-dealkylation sites (tertiary alicyclic amines) is 1. The largest absolute Gasteiger partial charge is 0.356 e. The summed E-state index contributed by atoms with van der Waals surface area (Å²) < 4.78 is 0. The van der Waals surface area contributed by atoms with Crippen molar-refractivity contribution in [2.45, 2.75) is 32.1 Å². The van der Waals surface area contributed by atoms with Crippen LogP contribution in [0, 0.1) is 11.8 Å². The lowest BCUT2D eigenvalue weighted by molar-refractivity contribution is -0.122. The van der Waals surface area contributed by atoms with Crippen molar-refractivity contribution in [2.75, 3.05) is 19.6 Å². The Labute approximate surface area is 131 Å². The molecule has 2 amide bonds. The van der Waals surface area contributed by atoms with Crippen LogP contribution in [0.3, 0.4) is 0 Å². The summed E-state index contributed by atoms with van der Waals surface area (Å²) in [6, 6.07) is 9.49. The van der Waals surface area contributed by atoms with Crippen molar-refractivity contribution in [2.24, 2.45) is 11.8 Å². The fourth-order valence-electron chi connectivity index (χ4n) is 3.08. The standard InChI is InChI=1S/C18H24N2O2/c21-17(15-6-7-15)19-11-8-14-9-12-20(13-10-14)18(22)16-4-2-1-3-5-16/h1-5,14-15H,6-13H2,(H,19,21). The molecule has 22 heavy (non-hydrogen) atoms. The average Bonchev–Trinajstić information content (AvgIpc) is 3.40. The predicted octanol–water partition coefficient (Wildman–Crippen LogP) is 2.46. The summed E-state index contributed by atoms with van der Waals surface area (Å²) in [5.74, 6) is 1.29. The van der Waals surface area contributed by atoms with E-state index >= 15 is 0 Å². The molecule has 1 saturated carbocycles. The third-order valence-electron chi connectivity index (χ3n) is 4.72. The minimum atomic E-state index is 0.140.